The normalized spacial score (nSPS) is 10.7. The Morgan fingerprint density at radius 1 is 0.404 bits per heavy atom. The maximum Gasteiger partial charge on any atom is 4.00 e. The first-order valence-electron chi connectivity index (χ1n) is 15.6. The molecule has 0 saturated heterocycles. The van der Waals surface area contributed by atoms with E-state index in [0.717, 1.165) is 0 Å². The smallest absolute Gasteiger partial charge is 1.00 e. The van der Waals surface area contributed by atoms with Gasteiger partial charge in [0.25, 0.3) is 0 Å². The van der Waals surface area contributed by atoms with Gasteiger partial charge in [0.15, 0.2) is 0 Å². The third-order valence-electron chi connectivity index (χ3n) is 10.5. The van der Waals surface area contributed by atoms with Crippen LogP contribution in [0.2, 0.25) is 0 Å². The van der Waals surface area contributed by atoms with E-state index in [1.807, 2.05) is 0 Å². The fourth-order valence-corrected chi connectivity index (χ4v) is 13.0. The molecule has 0 amide bonds. The maximum atomic E-state index is 2.53. The fraction of sp³-hybridized carbons (Fsp3) is 0.410. The van der Waals surface area contributed by atoms with Crippen molar-refractivity contribution in [1.29, 1.82) is 0 Å². The number of rotatable bonds is 7. The zero-order chi connectivity index (χ0) is 32.3. The molecule has 0 radical (unpaired) electrons. The quantitative estimate of drug-likeness (QED) is 0.114. The van der Waals surface area contributed by atoms with Gasteiger partial charge in [-0.1, -0.05) is 61.5 Å². The van der Waals surface area contributed by atoms with Gasteiger partial charge in [0.1, 0.15) is 8.07 Å². The van der Waals surface area contributed by atoms with Gasteiger partial charge in [-0.15, -0.1) is 5.19 Å². The molecule has 0 heterocycles. The molecule has 254 valence electrons. The first-order valence-corrected chi connectivity index (χ1v) is 17.6. The van der Waals surface area contributed by atoms with Gasteiger partial charge in [-0.05, 0) is 93.1 Å². The molecule has 0 aliphatic rings. The van der Waals surface area contributed by atoms with Crippen molar-refractivity contribution in [3.63, 3.8) is 0 Å². The van der Waals surface area contributed by atoms with E-state index in [-0.39, 0.29) is 58.9 Å². The van der Waals surface area contributed by atoms with Gasteiger partial charge in [0.2, 0.25) is 0 Å². The number of aryl methyl sites for hydroxylation is 3. The second-order valence-electron chi connectivity index (χ2n) is 13.6. The van der Waals surface area contributed by atoms with Crippen LogP contribution in [0.4, 0.5) is 17.1 Å². The molecule has 0 unspecified atom stereocenters. The number of halogens is 3. The summed E-state index contributed by atoms with van der Waals surface area (Å²) in [5.74, 6) is 0. The van der Waals surface area contributed by atoms with E-state index in [1.54, 1.807) is 5.19 Å². The molecule has 0 fully saturated rings. The van der Waals surface area contributed by atoms with Gasteiger partial charge in [0, 0.05) is 59.3 Å². The monoisotopic (exact) mass is 745 g/mol. The first kappa shape index (κ1) is 45.2. The van der Waals surface area contributed by atoms with Crippen molar-refractivity contribution in [2.24, 2.45) is 0 Å². The van der Waals surface area contributed by atoms with Crippen molar-refractivity contribution in [1.82, 2.24) is 0 Å². The van der Waals surface area contributed by atoms with Gasteiger partial charge in [-0.2, -0.15) is 22.3 Å². The summed E-state index contributed by atoms with van der Waals surface area (Å²) in [6, 6.07) is 15.2. The molecule has 0 spiro atoms. The van der Waals surface area contributed by atoms with Crippen molar-refractivity contribution in [2.45, 2.75) is 69.2 Å². The van der Waals surface area contributed by atoms with Crippen LogP contribution in [0.25, 0.3) is 0 Å². The van der Waals surface area contributed by atoms with Crippen LogP contribution in [-0.4, -0.2) is 50.4 Å². The average Bonchev–Trinajstić information content (AvgIpc) is 3.12. The van der Waals surface area contributed by atoms with Gasteiger partial charge in [0.05, 0.1) is 0 Å². The predicted molar refractivity (Wildman–Crippen MR) is 196 cm³/mol. The summed E-state index contributed by atoms with van der Waals surface area (Å²) in [4.78, 5) is 6.89. The third kappa shape index (κ3) is 7.54. The molecule has 8 heteroatoms. The summed E-state index contributed by atoms with van der Waals surface area (Å²) in [7, 11) is 10.2. The Bertz CT molecular complexity index is 1540. The van der Waals surface area contributed by atoms with E-state index in [1.165, 1.54) is 88.3 Å². The van der Waals surface area contributed by atoms with Crippen LogP contribution >= 0.6 is 0 Å². The van der Waals surface area contributed by atoms with Crippen LogP contribution in [0.5, 0.6) is 0 Å². The number of benzene rings is 3. The Morgan fingerprint density at radius 2 is 0.638 bits per heavy atom. The van der Waals surface area contributed by atoms with Crippen LogP contribution in [-0.2, 0) is 21.7 Å². The molecule has 0 atom stereocenters. The fourth-order valence-electron chi connectivity index (χ4n) is 7.28. The van der Waals surface area contributed by atoms with Crippen molar-refractivity contribution in [2.75, 3.05) is 57.0 Å². The van der Waals surface area contributed by atoms with Gasteiger partial charge in [-0.25, -0.2) is 0 Å². The number of nitrogens with zero attached hydrogens (tertiary/aromatic N) is 3. The molecule has 0 aromatic heterocycles. The standard InChI is InChI=1S/C39H54N3Si.3ClH.Ti/c1-23-17-33(20-36(26(23)4)40(11)12)43(39-31(9)29(7)30(8)32(39)10,34-18-24(2)27(5)37(21-34)41(13)14)35-19-25(3)28(6)38(22-35)42(15)16;;;;/h17-22H,1-16H3;3*1H;/q-1;;;;+4/p-3. The van der Waals surface area contributed by atoms with Crippen LogP contribution < -0.4 is 72.7 Å². The predicted octanol–water partition coefficient (Wildman–Crippen LogP) is -2.93. The van der Waals surface area contributed by atoms with E-state index in [0.29, 0.717) is 0 Å². The molecule has 0 aliphatic heterocycles. The zero-order valence-electron chi connectivity index (χ0n) is 31.4. The molecule has 47 heavy (non-hydrogen) atoms. The molecular formula is C39H54Cl3N3SiTi. The number of hydrogen-bond donors (Lipinski definition) is 0. The Balaban J connectivity index is 0.00000529. The summed E-state index contributed by atoms with van der Waals surface area (Å²) in [6.45, 7) is 23.1. The molecule has 0 N–H and O–H groups in total. The second-order valence-corrected chi connectivity index (χ2v) is 17.4. The van der Waals surface area contributed by atoms with Gasteiger partial charge in [-0.3, -0.25) is 0 Å². The largest absolute Gasteiger partial charge is 4.00 e. The molecule has 0 saturated carbocycles. The van der Waals surface area contributed by atoms with Crippen LogP contribution in [0.1, 0.15) is 55.6 Å². The minimum atomic E-state index is -2.87. The Morgan fingerprint density at radius 3 is 0.851 bits per heavy atom. The molecule has 0 aliphatic carbocycles. The van der Waals surface area contributed by atoms with Crippen LogP contribution in [0.3, 0.4) is 0 Å². The summed E-state index contributed by atoms with van der Waals surface area (Å²) >= 11 is 0. The van der Waals surface area contributed by atoms with Crippen LogP contribution in [0, 0.1) is 69.2 Å². The number of hydrogen-bond acceptors (Lipinski definition) is 3. The Kier molecular flexibility index (Phi) is 16.1. The van der Waals surface area contributed by atoms with Crippen molar-refractivity contribution < 1.29 is 58.9 Å². The summed E-state index contributed by atoms with van der Waals surface area (Å²) < 4.78 is 0. The van der Waals surface area contributed by atoms with Crippen molar-refractivity contribution in [3.8, 4) is 0 Å². The minimum absolute atomic E-state index is 0. The average molecular weight is 747 g/mol. The second kappa shape index (κ2) is 16.7. The minimum Gasteiger partial charge on any atom is -1.00 e. The Hall–Kier alpha value is -1.79. The van der Waals surface area contributed by atoms with Gasteiger partial charge >= 0.3 is 21.7 Å². The molecule has 3 nitrogen and oxygen atoms in total. The van der Waals surface area contributed by atoms with E-state index in [4.69, 9.17) is 0 Å². The summed E-state index contributed by atoms with van der Waals surface area (Å²) in [5.41, 5.74) is 17.7. The number of anilines is 3. The molecule has 4 aromatic rings. The summed E-state index contributed by atoms with van der Waals surface area (Å²) in [5, 5.41) is 5.92. The first-order chi connectivity index (χ1) is 20.0. The zero-order valence-corrected chi connectivity index (χ0v) is 36.3. The molecular weight excluding hydrogens is 693 g/mol. The summed E-state index contributed by atoms with van der Waals surface area (Å²) in [6.07, 6.45) is 0. The van der Waals surface area contributed by atoms with E-state index < -0.39 is 8.07 Å². The molecule has 4 aromatic carbocycles. The van der Waals surface area contributed by atoms with E-state index >= 15 is 0 Å². The topological polar surface area (TPSA) is 9.72 Å². The van der Waals surface area contributed by atoms with Crippen LogP contribution in [0.15, 0.2) is 36.4 Å². The van der Waals surface area contributed by atoms with Crippen molar-refractivity contribution >= 4 is 45.9 Å². The Labute approximate surface area is 321 Å². The van der Waals surface area contributed by atoms with E-state index in [2.05, 4.69) is 163 Å². The van der Waals surface area contributed by atoms with Crippen molar-refractivity contribution in [3.05, 3.63) is 92.0 Å². The molecule has 4 rings (SSSR count). The SMILES string of the molecule is Cc1cc([Si](c2cc(C)c(C)c(N(C)C)c2)(c2cc(C)c(C)c(N(C)C)c2)[c-]2c(C)c(C)c(C)c2C)cc(N(C)C)c1C.[Cl-].[Cl-].[Cl-].[Ti+4]. The third-order valence-corrected chi connectivity index (χ3v) is 15.4. The molecule has 0 bridgehead atoms. The van der Waals surface area contributed by atoms with Gasteiger partial charge < -0.3 is 51.9 Å². The van der Waals surface area contributed by atoms with E-state index in [9.17, 15) is 0 Å². The maximum absolute atomic E-state index is 2.87.